The number of halogens is 1. The Balaban J connectivity index is 2.30. The molecule has 2 N–H and O–H groups in total. The fourth-order valence-corrected chi connectivity index (χ4v) is 1.99. The van der Waals surface area contributed by atoms with Crippen molar-refractivity contribution in [2.24, 2.45) is 5.73 Å². The third-order valence-electron chi connectivity index (χ3n) is 2.80. The highest BCUT2D eigenvalue weighted by atomic mass is 19.1. The zero-order valence-electron chi connectivity index (χ0n) is 9.20. The van der Waals surface area contributed by atoms with Crippen LogP contribution >= 0.6 is 0 Å². The van der Waals surface area contributed by atoms with Crippen molar-refractivity contribution in [3.8, 4) is 0 Å². The van der Waals surface area contributed by atoms with E-state index in [9.17, 15) is 4.39 Å². The van der Waals surface area contributed by atoms with Gasteiger partial charge in [0, 0.05) is 6.42 Å². The summed E-state index contributed by atoms with van der Waals surface area (Å²) in [6.45, 7) is 0.409. The average Bonchev–Trinajstić information content (AvgIpc) is 2.30. The van der Waals surface area contributed by atoms with Gasteiger partial charge in [-0.15, -0.1) is 0 Å². The molecule has 0 saturated heterocycles. The first-order chi connectivity index (χ1) is 7.81. The molecule has 0 spiro atoms. The predicted octanol–water partition coefficient (Wildman–Crippen LogP) is 3.07. The fraction of sp³-hybridized carbons (Fsp3) is 0.286. The van der Waals surface area contributed by atoms with Gasteiger partial charge in [0.25, 0.3) is 0 Å². The average molecular weight is 217 g/mol. The molecule has 0 radical (unpaired) electrons. The Bertz CT molecular complexity index is 462. The maximum Gasteiger partial charge on any atom is 0.105 e. The summed E-state index contributed by atoms with van der Waals surface area (Å²) in [5, 5.41) is 2.31. The van der Waals surface area contributed by atoms with Crippen LogP contribution in [0.1, 0.15) is 12.0 Å². The SMILES string of the molecule is NCCC(F)Cc1cccc2ccccc12. The number of fused-ring (bicyclic) bond motifs is 1. The van der Waals surface area contributed by atoms with Gasteiger partial charge in [-0.1, -0.05) is 42.5 Å². The molecule has 0 aliphatic carbocycles. The molecular formula is C14H16FN. The third-order valence-corrected chi connectivity index (χ3v) is 2.80. The molecule has 0 aliphatic heterocycles. The van der Waals surface area contributed by atoms with Gasteiger partial charge in [0.15, 0.2) is 0 Å². The van der Waals surface area contributed by atoms with Crippen LogP contribution in [0.3, 0.4) is 0 Å². The predicted molar refractivity (Wildman–Crippen MR) is 66.2 cm³/mol. The lowest BCUT2D eigenvalue weighted by Gasteiger charge is -2.09. The largest absolute Gasteiger partial charge is 0.330 e. The Morgan fingerprint density at radius 1 is 1.06 bits per heavy atom. The van der Waals surface area contributed by atoms with E-state index in [4.69, 9.17) is 5.73 Å². The molecule has 0 aromatic heterocycles. The van der Waals surface area contributed by atoms with Crippen LogP contribution in [0, 0.1) is 0 Å². The van der Waals surface area contributed by atoms with E-state index in [0.717, 1.165) is 10.9 Å². The van der Waals surface area contributed by atoms with Crippen LogP contribution in [0.25, 0.3) is 10.8 Å². The number of alkyl halides is 1. The van der Waals surface area contributed by atoms with Crippen molar-refractivity contribution in [1.29, 1.82) is 0 Å². The van der Waals surface area contributed by atoms with Crippen molar-refractivity contribution in [3.05, 3.63) is 48.0 Å². The van der Waals surface area contributed by atoms with Crippen LogP contribution in [0.15, 0.2) is 42.5 Å². The molecule has 0 saturated carbocycles. The molecule has 0 aliphatic rings. The summed E-state index contributed by atoms with van der Waals surface area (Å²) < 4.78 is 13.5. The minimum atomic E-state index is -0.837. The summed E-state index contributed by atoms with van der Waals surface area (Å²) >= 11 is 0. The normalized spacial score (nSPS) is 12.9. The van der Waals surface area contributed by atoms with E-state index in [2.05, 4.69) is 12.1 Å². The summed E-state index contributed by atoms with van der Waals surface area (Å²) in [5.41, 5.74) is 6.42. The van der Waals surface area contributed by atoms with Crippen LogP contribution in [0.2, 0.25) is 0 Å². The Labute approximate surface area is 95.1 Å². The number of hydrogen-bond acceptors (Lipinski definition) is 1. The minimum Gasteiger partial charge on any atom is -0.330 e. The van der Waals surface area contributed by atoms with E-state index in [0.29, 0.717) is 19.4 Å². The maximum atomic E-state index is 13.5. The van der Waals surface area contributed by atoms with Gasteiger partial charge in [0.05, 0.1) is 0 Å². The lowest BCUT2D eigenvalue weighted by molar-refractivity contribution is 0.317. The first-order valence-electron chi connectivity index (χ1n) is 5.62. The number of hydrogen-bond donors (Lipinski definition) is 1. The van der Waals surface area contributed by atoms with E-state index in [1.807, 2.05) is 30.3 Å². The Hall–Kier alpha value is -1.41. The van der Waals surface area contributed by atoms with E-state index in [1.54, 1.807) is 0 Å². The second-order valence-electron chi connectivity index (χ2n) is 4.02. The van der Waals surface area contributed by atoms with Crippen molar-refractivity contribution in [1.82, 2.24) is 0 Å². The van der Waals surface area contributed by atoms with E-state index < -0.39 is 6.17 Å². The van der Waals surface area contributed by atoms with Gasteiger partial charge in [-0.05, 0) is 29.3 Å². The summed E-state index contributed by atoms with van der Waals surface area (Å²) in [6.07, 6.45) is 0.0534. The molecule has 0 bridgehead atoms. The molecule has 84 valence electrons. The molecule has 1 nitrogen and oxygen atoms in total. The summed E-state index contributed by atoms with van der Waals surface area (Å²) in [7, 11) is 0. The lowest BCUT2D eigenvalue weighted by Crippen LogP contribution is -2.11. The topological polar surface area (TPSA) is 26.0 Å². The van der Waals surface area contributed by atoms with Crippen molar-refractivity contribution in [3.63, 3.8) is 0 Å². The molecule has 2 heteroatoms. The van der Waals surface area contributed by atoms with Crippen molar-refractivity contribution < 1.29 is 4.39 Å². The van der Waals surface area contributed by atoms with E-state index in [1.165, 1.54) is 5.39 Å². The fourth-order valence-electron chi connectivity index (χ4n) is 1.99. The molecule has 0 amide bonds. The van der Waals surface area contributed by atoms with Crippen LogP contribution in [-0.4, -0.2) is 12.7 Å². The first kappa shape index (κ1) is 11.1. The molecule has 1 atom stereocenters. The molecule has 2 aromatic rings. The van der Waals surface area contributed by atoms with Gasteiger partial charge in [0.1, 0.15) is 6.17 Å². The van der Waals surface area contributed by atoms with Gasteiger partial charge in [-0.3, -0.25) is 0 Å². The van der Waals surface area contributed by atoms with Crippen molar-refractivity contribution >= 4 is 10.8 Å². The van der Waals surface area contributed by atoms with Crippen molar-refractivity contribution in [2.45, 2.75) is 19.0 Å². The van der Waals surface area contributed by atoms with E-state index >= 15 is 0 Å². The summed E-state index contributed by atoms with van der Waals surface area (Å²) in [5.74, 6) is 0. The lowest BCUT2D eigenvalue weighted by atomic mass is 9.99. The van der Waals surface area contributed by atoms with Gasteiger partial charge >= 0.3 is 0 Å². The van der Waals surface area contributed by atoms with Crippen LogP contribution in [0.5, 0.6) is 0 Å². The minimum absolute atomic E-state index is 0.409. The zero-order valence-corrected chi connectivity index (χ0v) is 9.20. The highest BCUT2D eigenvalue weighted by Gasteiger charge is 2.08. The standard InChI is InChI=1S/C14H16FN/c15-13(8-9-16)10-12-6-3-5-11-4-1-2-7-14(11)12/h1-7,13H,8-10,16H2. The molecule has 0 fully saturated rings. The van der Waals surface area contributed by atoms with Crippen LogP contribution in [-0.2, 0) is 6.42 Å². The summed E-state index contributed by atoms with van der Waals surface area (Å²) in [6, 6.07) is 14.1. The number of benzene rings is 2. The van der Waals surface area contributed by atoms with E-state index in [-0.39, 0.29) is 0 Å². The van der Waals surface area contributed by atoms with Crippen LogP contribution < -0.4 is 5.73 Å². The van der Waals surface area contributed by atoms with Gasteiger partial charge in [0.2, 0.25) is 0 Å². The molecule has 2 rings (SSSR count). The van der Waals surface area contributed by atoms with Gasteiger partial charge in [-0.2, -0.15) is 0 Å². The maximum absolute atomic E-state index is 13.5. The zero-order chi connectivity index (χ0) is 11.4. The molecule has 16 heavy (non-hydrogen) atoms. The van der Waals surface area contributed by atoms with Gasteiger partial charge < -0.3 is 5.73 Å². The quantitative estimate of drug-likeness (QED) is 0.836. The Morgan fingerprint density at radius 2 is 1.81 bits per heavy atom. The molecule has 2 aromatic carbocycles. The second kappa shape index (κ2) is 5.08. The second-order valence-corrected chi connectivity index (χ2v) is 4.02. The highest BCUT2D eigenvalue weighted by molar-refractivity contribution is 5.85. The Morgan fingerprint density at radius 3 is 2.62 bits per heavy atom. The highest BCUT2D eigenvalue weighted by Crippen LogP contribution is 2.20. The molecular weight excluding hydrogens is 201 g/mol. The smallest absolute Gasteiger partial charge is 0.105 e. The molecule has 1 unspecified atom stereocenters. The molecule has 0 heterocycles. The van der Waals surface area contributed by atoms with Crippen LogP contribution in [0.4, 0.5) is 4.39 Å². The number of rotatable bonds is 4. The summed E-state index contributed by atoms with van der Waals surface area (Å²) in [4.78, 5) is 0. The third kappa shape index (κ3) is 2.39. The van der Waals surface area contributed by atoms with Crippen molar-refractivity contribution in [2.75, 3.05) is 6.54 Å². The Kier molecular flexibility index (Phi) is 3.52. The van der Waals surface area contributed by atoms with Gasteiger partial charge in [-0.25, -0.2) is 4.39 Å². The number of nitrogens with two attached hydrogens (primary N) is 1. The first-order valence-corrected chi connectivity index (χ1v) is 5.62. The monoisotopic (exact) mass is 217 g/mol.